The number of hydrogen-bond donors (Lipinski definition) is 1. The molecule has 1 saturated heterocycles. The maximum absolute atomic E-state index is 12.7. The summed E-state index contributed by atoms with van der Waals surface area (Å²) in [6.07, 6.45) is 3.86. The number of carbonyl (C=O) groups excluding carboxylic acids is 1. The van der Waals surface area contributed by atoms with Crippen molar-refractivity contribution in [2.24, 2.45) is 0 Å². The lowest BCUT2D eigenvalue weighted by Crippen LogP contribution is -2.50. The molecule has 1 N–H and O–H groups in total. The molecule has 0 aliphatic carbocycles. The Kier molecular flexibility index (Phi) is 5.69. The molecule has 4 rings (SSSR count). The van der Waals surface area contributed by atoms with Crippen LogP contribution < -0.4 is 19.7 Å². The predicted octanol–water partition coefficient (Wildman–Crippen LogP) is 2.64. The van der Waals surface area contributed by atoms with Gasteiger partial charge in [-0.1, -0.05) is 0 Å². The first-order valence-corrected chi connectivity index (χ1v) is 9.67. The fourth-order valence-electron chi connectivity index (χ4n) is 3.33. The third-order valence-electron chi connectivity index (χ3n) is 5.00. The molecule has 0 atom stereocenters. The van der Waals surface area contributed by atoms with Crippen LogP contribution in [0.1, 0.15) is 0 Å². The van der Waals surface area contributed by atoms with Crippen molar-refractivity contribution in [3.63, 3.8) is 0 Å². The van der Waals surface area contributed by atoms with Gasteiger partial charge in [-0.05, 0) is 24.3 Å². The van der Waals surface area contributed by atoms with E-state index in [1.807, 2.05) is 41.2 Å². The number of amides is 2. The second-order valence-corrected chi connectivity index (χ2v) is 6.85. The number of benzene rings is 1. The van der Waals surface area contributed by atoms with Crippen molar-refractivity contribution in [2.45, 2.75) is 0 Å². The van der Waals surface area contributed by atoms with Gasteiger partial charge in [0, 0.05) is 62.5 Å². The number of piperazine rings is 1. The molecule has 0 unspecified atom stereocenters. The van der Waals surface area contributed by atoms with Gasteiger partial charge in [0.15, 0.2) is 11.6 Å². The second-order valence-electron chi connectivity index (χ2n) is 6.85. The first-order valence-electron chi connectivity index (χ1n) is 9.67. The van der Waals surface area contributed by atoms with Crippen molar-refractivity contribution in [2.75, 3.05) is 50.6 Å². The average molecular weight is 408 g/mol. The van der Waals surface area contributed by atoms with Gasteiger partial charge in [0.25, 0.3) is 0 Å². The van der Waals surface area contributed by atoms with E-state index in [1.54, 1.807) is 37.3 Å². The zero-order valence-corrected chi connectivity index (χ0v) is 17.0. The van der Waals surface area contributed by atoms with Crippen LogP contribution in [0.5, 0.6) is 11.5 Å². The Morgan fingerprint density at radius 3 is 2.07 bits per heavy atom. The minimum Gasteiger partial charge on any atom is -0.497 e. The van der Waals surface area contributed by atoms with Gasteiger partial charge in [-0.15, -0.1) is 10.2 Å². The van der Waals surface area contributed by atoms with Crippen LogP contribution in [0.4, 0.5) is 16.3 Å². The summed E-state index contributed by atoms with van der Waals surface area (Å²) in [5.41, 5.74) is 0.630. The minimum atomic E-state index is -0.154. The first-order chi connectivity index (χ1) is 14.7. The van der Waals surface area contributed by atoms with E-state index < -0.39 is 0 Å². The Morgan fingerprint density at radius 2 is 1.50 bits per heavy atom. The van der Waals surface area contributed by atoms with Crippen molar-refractivity contribution in [3.8, 4) is 17.3 Å². The molecule has 1 aromatic carbocycles. The molecular formula is C21H24N6O3. The van der Waals surface area contributed by atoms with Gasteiger partial charge in [-0.2, -0.15) is 0 Å². The highest BCUT2D eigenvalue weighted by molar-refractivity contribution is 5.90. The fourth-order valence-corrected chi connectivity index (χ4v) is 3.33. The number of nitrogens with one attached hydrogen (secondary N) is 1. The number of nitrogens with zero attached hydrogens (tertiary/aromatic N) is 5. The minimum absolute atomic E-state index is 0.154. The third-order valence-corrected chi connectivity index (χ3v) is 5.00. The molecule has 0 saturated carbocycles. The molecule has 3 aromatic rings. The molecule has 1 fully saturated rings. The van der Waals surface area contributed by atoms with Crippen molar-refractivity contribution >= 4 is 17.5 Å². The highest BCUT2D eigenvalue weighted by atomic mass is 16.5. The molecule has 30 heavy (non-hydrogen) atoms. The summed E-state index contributed by atoms with van der Waals surface area (Å²) >= 11 is 0. The van der Waals surface area contributed by atoms with Gasteiger partial charge in [-0.25, -0.2) is 4.79 Å². The average Bonchev–Trinajstić information content (AvgIpc) is 3.34. The molecule has 156 valence electrons. The van der Waals surface area contributed by atoms with E-state index in [0.29, 0.717) is 43.4 Å². The Bertz CT molecular complexity index is 960. The maximum Gasteiger partial charge on any atom is 0.321 e. The van der Waals surface area contributed by atoms with Gasteiger partial charge < -0.3 is 29.2 Å². The van der Waals surface area contributed by atoms with Crippen molar-refractivity contribution in [1.29, 1.82) is 0 Å². The van der Waals surface area contributed by atoms with Crippen LogP contribution in [0.2, 0.25) is 0 Å². The topological polar surface area (TPSA) is 84.8 Å². The van der Waals surface area contributed by atoms with Crippen LogP contribution in [0.15, 0.2) is 54.9 Å². The summed E-state index contributed by atoms with van der Waals surface area (Å²) in [7, 11) is 3.15. The summed E-state index contributed by atoms with van der Waals surface area (Å²) in [6.45, 7) is 2.56. The lowest BCUT2D eigenvalue weighted by molar-refractivity contribution is 0.208. The number of carbonyl (C=O) groups is 1. The molecule has 0 radical (unpaired) electrons. The van der Waals surface area contributed by atoms with Crippen LogP contribution >= 0.6 is 0 Å². The molecule has 0 spiro atoms. The van der Waals surface area contributed by atoms with Crippen LogP contribution in [0.25, 0.3) is 5.82 Å². The zero-order chi connectivity index (χ0) is 20.9. The number of hydrogen-bond acceptors (Lipinski definition) is 6. The van der Waals surface area contributed by atoms with Crippen LogP contribution in [0, 0.1) is 0 Å². The van der Waals surface area contributed by atoms with Gasteiger partial charge in [-0.3, -0.25) is 0 Å². The van der Waals surface area contributed by atoms with E-state index >= 15 is 0 Å². The Labute approximate surface area is 174 Å². The number of methoxy groups -OCH3 is 2. The summed E-state index contributed by atoms with van der Waals surface area (Å²) in [5.74, 6) is 2.83. The molecular weight excluding hydrogens is 384 g/mol. The number of aromatic nitrogens is 3. The normalized spacial score (nSPS) is 13.8. The van der Waals surface area contributed by atoms with E-state index in [9.17, 15) is 4.79 Å². The summed E-state index contributed by atoms with van der Waals surface area (Å²) < 4.78 is 12.4. The molecule has 1 aliphatic heterocycles. The number of rotatable bonds is 5. The molecule has 3 heterocycles. The SMILES string of the molecule is COc1cc(NC(=O)N2CCN(c3ccc(-n4cccc4)nn3)CC2)cc(OC)c1. The smallest absolute Gasteiger partial charge is 0.321 e. The third kappa shape index (κ3) is 4.29. The largest absolute Gasteiger partial charge is 0.497 e. The highest BCUT2D eigenvalue weighted by Crippen LogP contribution is 2.26. The van der Waals surface area contributed by atoms with Gasteiger partial charge in [0.2, 0.25) is 0 Å². The molecule has 1 aliphatic rings. The van der Waals surface area contributed by atoms with Crippen LogP contribution in [0.3, 0.4) is 0 Å². The predicted molar refractivity (Wildman–Crippen MR) is 114 cm³/mol. The number of anilines is 2. The quantitative estimate of drug-likeness (QED) is 0.699. The van der Waals surface area contributed by atoms with Crippen LogP contribution in [-0.2, 0) is 0 Å². The van der Waals surface area contributed by atoms with Crippen molar-refractivity contribution < 1.29 is 14.3 Å². The molecule has 9 heteroatoms. The van der Waals surface area contributed by atoms with E-state index in [2.05, 4.69) is 20.4 Å². The van der Waals surface area contributed by atoms with E-state index in [1.165, 1.54) is 0 Å². The zero-order valence-electron chi connectivity index (χ0n) is 17.0. The Hall–Kier alpha value is -3.75. The van der Waals surface area contributed by atoms with Gasteiger partial charge in [0.1, 0.15) is 11.5 Å². The fraction of sp³-hybridized carbons (Fsp3) is 0.286. The van der Waals surface area contributed by atoms with Crippen LogP contribution in [-0.4, -0.2) is 66.1 Å². The summed E-state index contributed by atoms with van der Waals surface area (Å²) in [5, 5.41) is 11.6. The number of urea groups is 1. The second kappa shape index (κ2) is 8.73. The molecule has 2 amide bonds. The number of ether oxygens (including phenoxy) is 2. The Morgan fingerprint density at radius 1 is 0.900 bits per heavy atom. The van der Waals surface area contributed by atoms with E-state index in [-0.39, 0.29) is 6.03 Å². The van der Waals surface area contributed by atoms with Gasteiger partial charge >= 0.3 is 6.03 Å². The molecule has 0 bridgehead atoms. The lowest BCUT2D eigenvalue weighted by atomic mass is 10.2. The Balaban J connectivity index is 1.34. The molecule has 9 nitrogen and oxygen atoms in total. The van der Waals surface area contributed by atoms with E-state index in [4.69, 9.17) is 9.47 Å². The summed E-state index contributed by atoms with van der Waals surface area (Å²) in [6, 6.07) is 12.9. The molecule has 2 aromatic heterocycles. The summed E-state index contributed by atoms with van der Waals surface area (Å²) in [4.78, 5) is 16.6. The van der Waals surface area contributed by atoms with Crippen molar-refractivity contribution in [3.05, 3.63) is 54.9 Å². The standard InChI is InChI=1S/C21H24N6O3/c1-29-17-13-16(14-18(15-17)30-2)22-21(28)27-11-9-26(10-12-27)20-6-5-19(23-24-20)25-7-3-4-8-25/h3-8,13-15H,9-12H2,1-2H3,(H,22,28). The maximum atomic E-state index is 12.7. The first kappa shape index (κ1) is 19.6. The van der Waals surface area contributed by atoms with Crippen molar-refractivity contribution in [1.82, 2.24) is 19.7 Å². The van der Waals surface area contributed by atoms with E-state index in [0.717, 1.165) is 11.6 Å². The van der Waals surface area contributed by atoms with Gasteiger partial charge in [0.05, 0.1) is 14.2 Å². The lowest BCUT2D eigenvalue weighted by Gasteiger charge is -2.35. The monoisotopic (exact) mass is 408 g/mol. The highest BCUT2D eigenvalue weighted by Gasteiger charge is 2.22.